The average Bonchev–Trinajstić information content (AvgIpc) is 2.95. The summed E-state index contributed by atoms with van der Waals surface area (Å²) < 4.78 is 0. The Morgan fingerprint density at radius 3 is 2.68 bits per heavy atom. The molecule has 2 N–H and O–H groups in total. The predicted molar refractivity (Wildman–Crippen MR) is 73.3 cm³/mol. The molecule has 19 heavy (non-hydrogen) atoms. The fourth-order valence-corrected chi connectivity index (χ4v) is 3.02. The summed E-state index contributed by atoms with van der Waals surface area (Å²) in [6, 6.07) is 0. The van der Waals surface area contributed by atoms with E-state index in [1.165, 1.54) is 16.7 Å². The molecule has 0 saturated carbocycles. The highest BCUT2D eigenvalue weighted by Gasteiger charge is 2.16. The largest absolute Gasteiger partial charge is 0.476 e. The maximum atomic E-state index is 11.9. The van der Waals surface area contributed by atoms with E-state index in [0.717, 1.165) is 28.3 Å². The van der Waals surface area contributed by atoms with Crippen LogP contribution in [0.2, 0.25) is 0 Å². The fourth-order valence-electron chi connectivity index (χ4n) is 1.44. The second kappa shape index (κ2) is 5.45. The molecule has 0 atom stereocenters. The van der Waals surface area contributed by atoms with Crippen LogP contribution in [0.4, 0.5) is 5.13 Å². The van der Waals surface area contributed by atoms with Crippen LogP contribution in [0.15, 0.2) is 5.38 Å². The molecule has 1 amide bonds. The van der Waals surface area contributed by atoms with Crippen molar-refractivity contribution in [3.63, 3.8) is 0 Å². The number of nitrogens with zero attached hydrogens (tertiary/aromatic N) is 2. The highest BCUT2D eigenvalue weighted by molar-refractivity contribution is 7.16. The summed E-state index contributed by atoms with van der Waals surface area (Å²) in [5, 5.41) is 13.3. The third-order valence-electron chi connectivity index (χ3n) is 2.37. The van der Waals surface area contributed by atoms with Crippen LogP contribution in [0.1, 0.15) is 37.8 Å². The summed E-state index contributed by atoms with van der Waals surface area (Å²) in [7, 11) is 0. The van der Waals surface area contributed by atoms with E-state index in [0.29, 0.717) is 5.13 Å². The van der Waals surface area contributed by atoms with Crippen molar-refractivity contribution in [1.82, 2.24) is 9.97 Å². The molecule has 0 aliphatic heterocycles. The molecule has 2 aromatic heterocycles. The predicted octanol–water partition coefficient (Wildman–Crippen LogP) is 2.42. The number of carbonyl (C=O) groups excluding carboxylic acids is 1. The number of aromatic carboxylic acids is 1. The van der Waals surface area contributed by atoms with Gasteiger partial charge in [-0.25, -0.2) is 14.8 Å². The van der Waals surface area contributed by atoms with Crippen molar-refractivity contribution in [1.29, 1.82) is 0 Å². The Kier molecular flexibility index (Phi) is 3.91. The van der Waals surface area contributed by atoms with Crippen LogP contribution in [0, 0.1) is 6.92 Å². The van der Waals surface area contributed by atoms with Gasteiger partial charge in [-0.15, -0.1) is 22.7 Å². The smallest absolute Gasteiger partial charge is 0.355 e. The monoisotopic (exact) mass is 297 g/mol. The lowest BCUT2D eigenvalue weighted by Crippen LogP contribution is -2.12. The van der Waals surface area contributed by atoms with Crippen molar-refractivity contribution < 1.29 is 14.7 Å². The third kappa shape index (κ3) is 2.96. The van der Waals surface area contributed by atoms with Crippen molar-refractivity contribution in [2.24, 2.45) is 0 Å². The van der Waals surface area contributed by atoms with Crippen LogP contribution in [-0.4, -0.2) is 27.0 Å². The van der Waals surface area contributed by atoms with E-state index in [1.54, 1.807) is 0 Å². The third-order valence-corrected chi connectivity index (χ3v) is 4.14. The van der Waals surface area contributed by atoms with Crippen molar-refractivity contribution in [2.45, 2.75) is 20.3 Å². The van der Waals surface area contributed by atoms with Crippen molar-refractivity contribution in [3.8, 4) is 0 Å². The van der Waals surface area contributed by atoms with Gasteiger partial charge < -0.3 is 5.11 Å². The number of thiazole rings is 2. The molecule has 0 bridgehead atoms. The van der Waals surface area contributed by atoms with E-state index in [-0.39, 0.29) is 10.7 Å². The number of rotatable bonds is 4. The lowest BCUT2D eigenvalue weighted by Gasteiger charge is -1.96. The Morgan fingerprint density at radius 1 is 1.42 bits per heavy atom. The highest BCUT2D eigenvalue weighted by atomic mass is 32.1. The van der Waals surface area contributed by atoms with Gasteiger partial charge in [-0.1, -0.05) is 6.92 Å². The number of carboxylic acid groups (broad SMARTS) is 1. The van der Waals surface area contributed by atoms with E-state index < -0.39 is 11.9 Å². The summed E-state index contributed by atoms with van der Waals surface area (Å²) in [5.41, 5.74) is 0.824. The Morgan fingerprint density at radius 2 is 2.16 bits per heavy atom. The van der Waals surface area contributed by atoms with Crippen molar-refractivity contribution >= 4 is 39.7 Å². The van der Waals surface area contributed by atoms with E-state index in [1.807, 2.05) is 13.8 Å². The Bertz CT molecular complexity index is 633. The molecular formula is C11H11N3O3S2. The molecule has 0 unspecified atom stereocenters. The van der Waals surface area contributed by atoms with Gasteiger partial charge in [0.25, 0.3) is 5.91 Å². The van der Waals surface area contributed by atoms with Gasteiger partial charge in [-0.2, -0.15) is 0 Å². The number of amides is 1. The summed E-state index contributed by atoms with van der Waals surface area (Å²) in [5.74, 6) is -1.58. The van der Waals surface area contributed by atoms with Gasteiger partial charge >= 0.3 is 5.97 Å². The maximum Gasteiger partial charge on any atom is 0.355 e. The van der Waals surface area contributed by atoms with Gasteiger partial charge in [0.05, 0.1) is 5.69 Å². The van der Waals surface area contributed by atoms with Gasteiger partial charge in [0.2, 0.25) is 0 Å². The molecule has 0 aromatic carbocycles. The average molecular weight is 297 g/mol. The van der Waals surface area contributed by atoms with Crippen molar-refractivity contribution in [2.75, 3.05) is 5.32 Å². The van der Waals surface area contributed by atoms with E-state index in [9.17, 15) is 9.59 Å². The van der Waals surface area contributed by atoms with Gasteiger partial charge in [0, 0.05) is 10.3 Å². The molecule has 2 heterocycles. The SMILES string of the molecule is CCc1nc(NC(=O)c2nc(C(=O)O)cs2)sc1C. The Labute approximate surface area is 117 Å². The second-order valence-electron chi connectivity index (χ2n) is 3.67. The van der Waals surface area contributed by atoms with Crippen LogP contribution < -0.4 is 5.32 Å². The first kappa shape index (κ1) is 13.6. The molecule has 0 radical (unpaired) electrons. The number of carbonyl (C=O) groups is 2. The molecule has 0 fully saturated rings. The molecule has 2 rings (SSSR count). The molecule has 8 heteroatoms. The number of anilines is 1. The number of carboxylic acids is 1. The minimum Gasteiger partial charge on any atom is -0.476 e. The quantitative estimate of drug-likeness (QED) is 0.904. The number of hydrogen-bond donors (Lipinski definition) is 2. The zero-order valence-corrected chi connectivity index (χ0v) is 11.9. The molecule has 0 spiro atoms. The fraction of sp³-hybridized carbons (Fsp3) is 0.273. The first-order valence-corrected chi connectivity index (χ1v) is 7.17. The zero-order chi connectivity index (χ0) is 14.0. The number of nitrogens with one attached hydrogen (secondary N) is 1. The van der Waals surface area contributed by atoms with Gasteiger partial charge in [0.15, 0.2) is 15.8 Å². The first-order chi connectivity index (χ1) is 9.01. The topological polar surface area (TPSA) is 92.2 Å². The standard InChI is InChI=1S/C11H11N3O3S2/c1-3-6-5(2)19-11(13-6)14-8(15)9-12-7(4-18-9)10(16)17/h4H,3H2,1-2H3,(H,16,17)(H,13,14,15). The summed E-state index contributed by atoms with van der Waals surface area (Å²) in [6.07, 6.45) is 0.804. The van der Waals surface area contributed by atoms with E-state index in [2.05, 4.69) is 15.3 Å². The van der Waals surface area contributed by atoms with Gasteiger partial charge in [-0.3, -0.25) is 10.1 Å². The Hall–Kier alpha value is -1.80. The number of aryl methyl sites for hydroxylation is 2. The summed E-state index contributed by atoms with van der Waals surface area (Å²) >= 11 is 2.39. The van der Waals surface area contributed by atoms with Gasteiger partial charge in [-0.05, 0) is 13.3 Å². The molecular weight excluding hydrogens is 286 g/mol. The van der Waals surface area contributed by atoms with Crippen molar-refractivity contribution in [3.05, 3.63) is 26.7 Å². The number of aromatic nitrogens is 2. The van der Waals surface area contributed by atoms with Crippen LogP contribution in [0.5, 0.6) is 0 Å². The number of hydrogen-bond acceptors (Lipinski definition) is 6. The minimum absolute atomic E-state index is 0.114. The zero-order valence-electron chi connectivity index (χ0n) is 10.3. The van der Waals surface area contributed by atoms with Crippen LogP contribution in [0.25, 0.3) is 0 Å². The first-order valence-electron chi connectivity index (χ1n) is 5.47. The molecule has 0 aliphatic carbocycles. The molecule has 6 nitrogen and oxygen atoms in total. The Balaban J connectivity index is 2.13. The van der Waals surface area contributed by atoms with E-state index in [4.69, 9.17) is 5.11 Å². The molecule has 0 aliphatic rings. The van der Waals surface area contributed by atoms with Crippen LogP contribution in [-0.2, 0) is 6.42 Å². The lowest BCUT2D eigenvalue weighted by atomic mass is 10.3. The molecule has 2 aromatic rings. The minimum atomic E-state index is -1.14. The van der Waals surface area contributed by atoms with Crippen LogP contribution >= 0.6 is 22.7 Å². The molecule has 100 valence electrons. The second-order valence-corrected chi connectivity index (χ2v) is 5.73. The highest BCUT2D eigenvalue weighted by Crippen LogP contribution is 2.23. The van der Waals surface area contributed by atoms with Crippen LogP contribution in [0.3, 0.4) is 0 Å². The normalized spacial score (nSPS) is 10.4. The molecule has 0 saturated heterocycles. The van der Waals surface area contributed by atoms with E-state index >= 15 is 0 Å². The summed E-state index contributed by atoms with van der Waals surface area (Å²) in [4.78, 5) is 31.6. The maximum absolute atomic E-state index is 11.9. The van der Waals surface area contributed by atoms with Gasteiger partial charge in [0.1, 0.15) is 0 Å². The summed E-state index contributed by atoms with van der Waals surface area (Å²) in [6.45, 7) is 3.94. The lowest BCUT2D eigenvalue weighted by molar-refractivity contribution is 0.0691.